The summed E-state index contributed by atoms with van der Waals surface area (Å²) in [6.45, 7) is 0.125. The van der Waals surface area contributed by atoms with Crippen molar-refractivity contribution in [3.63, 3.8) is 0 Å². The van der Waals surface area contributed by atoms with Crippen LogP contribution in [-0.2, 0) is 9.84 Å². The summed E-state index contributed by atoms with van der Waals surface area (Å²) in [5.74, 6) is -0.885. The van der Waals surface area contributed by atoms with E-state index in [4.69, 9.17) is 5.73 Å². The van der Waals surface area contributed by atoms with Crippen LogP contribution in [0.15, 0.2) is 0 Å². The molecule has 5 heteroatoms. The van der Waals surface area contributed by atoms with Gasteiger partial charge in [0.1, 0.15) is 6.17 Å². The molecular weight excluding hydrogens is 157 g/mol. The summed E-state index contributed by atoms with van der Waals surface area (Å²) in [6.07, 6.45) is -1.24. The Hall–Kier alpha value is -0.160. The number of hydrogen-bond donors (Lipinski definition) is 1. The van der Waals surface area contributed by atoms with Crippen molar-refractivity contribution in [3.8, 4) is 0 Å². The van der Waals surface area contributed by atoms with Gasteiger partial charge in [-0.15, -0.1) is 0 Å². The number of alkyl halides is 1. The molecule has 1 fully saturated rings. The fraction of sp³-hybridized carbons (Fsp3) is 1.00. The standard InChI is InChI=1S/C5H10FNO2S/c6-5-3-10(8,9)2-4(5)1-7/h4-5H,1-3,7H2. The summed E-state index contributed by atoms with van der Waals surface area (Å²) in [5.41, 5.74) is 5.14. The first-order valence-electron chi connectivity index (χ1n) is 3.10. The molecule has 0 aromatic carbocycles. The second kappa shape index (κ2) is 2.47. The molecule has 2 unspecified atom stereocenters. The van der Waals surface area contributed by atoms with Crippen molar-refractivity contribution < 1.29 is 12.8 Å². The topological polar surface area (TPSA) is 60.2 Å². The van der Waals surface area contributed by atoms with Gasteiger partial charge in [-0.3, -0.25) is 0 Å². The van der Waals surface area contributed by atoms with E-state index in [0.717, 1.165) is 0 Å². The first-order valence-corrected chi connectivity index (χ1v) is 4.92. The molecule has 1 heterocycles. The number of hydrogen-bond acceptors (Lipinski definition) is 3. The van der Waals surface area contributed by atoms with Crippen LogP contribution in [0.4, 0.5) is 4.39 Å². The van der Waals surface area contributed by atoms with E-state index in [2.05, 4.69) is 0 Å². The minimum Gasteiger partial charge on any atom is -0.330 e. The van der Waals surface area contributed by atoms with Crippen LogP contribution in [0.1, 0.15) is 0 Å². The lowest BCUT2D eigenvalue weighted by molar-refractivity contribution is 0.290. The fourth-order valence-electron chi connectivity index (χ4n) is 1.09. The zero-order valence-corrected chi connectivity index (χ0v) is 6.27. The van der Waals surface area contributed by atoms with Crippen molar-refractivity contribution in [2.75, 3.05) is 18.1 Å². The summed E-state index contributed by atoms with van der Waals surface area (Å²) in [5, 5.41) is 0. The predicted molar refractivity (Wildman–Crippen MR) is 36.1 cm³/mol. The Kier molecular flexibility index (Phi) is 1.96. The van der Waals surface area contributed by atoms with E-state index >= 15 is 0 Å². The number of nitrogens with two attached hydrogens (primary N) is 1. The maximum Gasteiger partial charge on any atom is 0.153 e. The Balaban J connectivity index is 2.71. The van der Waals surface area contributed by atoms with E-state index in [0.29, 0.717) is 0 Å². The van der Waals surface area contributed by atoms with Crippen LogP contribution in [-0.4, -0.2) is 32.6 Å². The maximum atomic E-state index is 12.6. The molecule has 0 aliphatic carbocycles. The Labute approximate surface area is 59.3 Å². The van der Waals surface area contributed by atoms with Gasteiger partial charge in [0.15, 0.2) is 9.84 Å². The molecule has 60 valence electrons. The van der Waals surface area contributed by atoms with Crippen LogP contribution < -0.4 is 5.73 Å². The van der Waals surface area contributed by atoms with Crippen LogP contribution in [0.5, 0.6) is 0 Å². The van der Waals surface area contributed by atoms with Crippen molar-refractivity contribution in [2.45, 2.75) is 6.17 Å². The number of sulfone groups is 1. The average Bonchev–Trinajstić information content (AvgIpc) is 2.05. The smallest absolute Gasteiger partial charge is 0.153 e. The first kappa shape index (κ1) is 7.94. The van der Waals surface area contributed by atoms with Crippen molar-refractivity contribution in [1.29, 1.82) is 0 Å². The van der Waals surface area contributed by atoms with Gasteiger partial charge < -0.3 is 5.73 Å². The quantitative estimate of drug-likeness (QED) is 0.563. The molecule has 0 spiro atoms. The van der Waals surface area contributed by atoms with Crippen molar-refractivity contribution in [2.24, 2.45) is 11.7 Å². The first-order chi connectivity index (χ1) is 4.55. The summed E-state index contributed by atoms with van der Waals surface area (Å²) < 4.78 is 34.1. The zero-order chi connectivity index (χ0) is 7.78. The van der Waals surface area contributed by atoms with Crippen LogP contribution in [0.3, 0.4) is 0 Å². The molecule has 3 nitrogen and oxygen atoms in total. The highest BCUT2D eigenvalue weighted by Gasteiger charge is 2.36. The normalized spacial score (nSPS) is 38.2. The van der Waals surface area contributed by atoms with E-state index in [9.17, 15) is 12.8 Å². The average molecular weight is 167 g/mol. The van der Waals surface area contributed by atoms with E-state index in [1.807, 2.05) is 0 Å². The highest BCUT2D eigenvalue weighted by Crippen LogP contribution is 2.20. The molecule has 0 aromatic rings. The van der Waals surface area contributed by atoms with Gasteiger partial charge in [-0.25, -0.2) is 12.8 Å². The molecular formula is C5H10FNO2S. The van der Waals surface area contributed by atoms with Crippen LogP contribution in [0, 0.1) is 5.92 Å². The maximum absolute atomic E-state index is 12.6. The van der Waals surface area contributed by atoms with Crippen molar-refractivity contribution in [1.82, 2.24) is 0 Å². The molecule has 2 atom stereocenters. The summed E-state index contributed by atoms with van der Waals surface area (Å²) in [6, 6.07) is 0. The lowest BCUT2D eigenvalue weighted by atomic mass is 10.1. The second-order valence-corrected chi connectivity index (χ2v) is 4.74. The molecule has 1 saturated heterocycles. The van der Waals surface area contributed by atoms with Gasteiger partial charge in [0, 0.05) is 5.92 Å². The summed E-state index contributed by atoms with van der Waals surface area (Å²) >= 11 is 0. The van der Waals surface area contributed by atoms with Gasteiger partial charge in [0.25, 0.3) is 0 Å². The van der Waals surface area contributed by atoms with Gasteiger partial charge in [-0.1, -0.05) is 0 Å². The minimum absolute atomic E-state index is 0.0787. The molecule has 1 aliphatic heterocycles. The van der Waals surface area contributed by atoms with E-state index < -0.39 is 21.9 Å². The second-order valence-electron chi connectivity index (χ2n) is 2.59. The van der Waals surface area contributed by atoms with Gasteiger partial charge in [-0.05, 0) is 6.54 Å². The lowest BCUT2D eigenvalue weighted by Gasteiger charge is -2.04. The molecule has 0 bridgehead atoms. The highest BCUT2D eigenvalue weighted by atomic mass is 32.2. The molecule has 0 amide bonds. The third-order valence-corrected chi connectivity index (χ3v) is 3.46. The predicted octanol–water partition coefficient (Wildman–Crippen LogP) is -0.672. The highest BCUT2D eigenvalue weighted by molar-refractivity contribution is 7.91. The Bertz CT molecular complexity index is 214. The Morgan fingerprint density at radius 3 is 2.30 bits per heavy atom. The van der Waals surface area contributed by atoms with Crippen molar-refractivity contribution in [3.05, 3.63) is 0 Å². The summed E-state index contributed by atoms with van der Waals surface area (Å²) in [7, 11) is -3.11. The monoisotopic (exact) mass is 167 g/mol. The lowest BCUT2D eigenvalue weighted by Crippen LogP contribution is -2.22. The van der Waals surface area contributed by atoms with Gasteiger partial charge in [0.2, 0.25) is 0 Å². The SMILES string of the molecule is NCC1CS(=O)(=O)CC1F. The van der Waals surface area contributed by atoms with Crippen molar-refractivity contribution >= 4 is 9.84 Å². The molecule has 0 radical (unpaired) electrons. The third-order valence-electron chi connectivity index (χ3n) is 1.70. The molecule has 1 aliphatic rings. The minimum atomic E-state index is -3.11. The van der Waals surface area contributed by atoms with E-state index in [-0.39, 0.29) is 18.1 Å². The summed E-state index contributed by atoms with van der Waals surface area (Å²) in [4.78, 5) is 0. The van der Waals surface area contributed by atoms with Crippen LogP contribution in [0.25, 0.3) is 0 Å². The molecule has 10 heavy (non-hydrogen) atoms. The Morgan fingerprint density at radius 1 is 1.50 bits per heavy atom. The van der Waals surface area contributed by atoms with Gasteiger partial charge in [-0.2, -0.15) is 0 Å². The van der Waals surface area contributed by atoms with Crippen LogP contribution in [0.2, 0.25) is 0 Å². The Morgan fingerprint density at radius 2 is 2.10 bits per heavy atom. The number of halogens is 1. The number of rotatable bonds is 1. The van der Waals surface area contributed by atoms with Crippen LogP contribution >= 0.6 is 0 Å². The molecule has 0 saturated carbocycles. The van der Waals surface area contributed by atoms with Gasteiger partial charge >= 0.3 is 0 Å². The molecule has 1 rings (SSSR count). The fourth-order valence-corrected chi connectivity index (χ4v) is 2.98. The third kappa shape index (κ3) is 1.46. The molecule has 0 aromatic heterocycles. The zero-order valence-electron chi connectivity index (χ0n) is 5.46. The largest absolute Gasteiger partial charge is 0.330 e. The molecule has 2 N–H and O–H groups in total. The van der Waals surface area contributed by atoms with Gasteiger partial charge in [0.05, 0.1) is 11.5 Å². The van der Waals surface area contributed by atoms with E-state index in [1.165, 1.54) is 0 Å². The van der Waals surface area contributed by atoms with E-state index in [1.54, 1.807) is 0 Å².